The Hall–Kier alpha value is -1.14. The largest absolute Gasteiger partial charge is 0.465 e. The number of unbranched alkanes of at least 4 members (excludes halogenated alkanes) is 16. The minimum atomic E-state index is -0.408. The molecule has 0 heterocycles. The molecule has 50 heavy (non-hydrogen) atoms. The van der Waals surface area contributed by atoms with Gasteiger partial charge in [0.05, 0.1) is 24.0 Å². The second-order valence-corrected chi connectivity index (χ2v) is 16.6. The number of ether oxygens (including phenoxy) is 2. The van der Waals surface area contributed by atoms with Crippen molar-refractivity contribution < 1.29 is 24.2 Å². The van der Waals surface area contributed by atoms with Crippen molar-refractivity contribution in [3.8, 4) is 0 Å². The highest BCUT2D eigenvalue weighted by Gasteiger charge is 2.29. The van der Waals surface area contributed by atoms with Gasteiger partial charge in [-0.05, 0) is 105 Å². The Bertz CT molecular complexity index is 778. The van der Waals surface area contributed by atoms with Crippen LogP contribution in [0.4, 0.5) is 0 Å². The molecule has 0 amide bonds. The van der Waals surface area contributed by atoms with Gasteiger partial charge in [-0.15, -0.1) is 0 Å². The highest BCUT2D eigenvalue weighted by atomic mass is 16.5. The third-order valence-corrected chi connectivity index (χ3v) is 10.9. The summed E-state index contributed by atoms with van der Waals surface area (Å²) in [6, 6.07) is 0. The van der Waals surface area contributed by atoms with E-state index in [0.29, 0.717) is 13.2 Å². The lowest BCUT2D eigenvalue weighted by Gasteiger charge is -2.24. The molecule has 0 saturated carbocycles. The van der Waals surface area contributed by atoms with Crippen LogP contribution in [0.15, 0.2) is 0 Å². The van der Waals surface area contributed by atoms with E-state index in [4.69, 9.17) is 9.47 Å². The number of hydrogen-bond acceptors (Lipinski definition) is 6. The van der Waals surface area contributed by atoms with E-state index in [2.05, 4.69) is 25.7 Å². The standard InChI is InChI=1S/C44H87NO5/c1-8-11-12-13-14-20-29-38-49-41(47)43(4,5)32-23-16-18-25-34-45(36-27-28-37-46)35-26-19-17-24-33-44(6,7)42(48)50-39-30-21-15-22-31-40(9-2)10-3/h40,46H,8-39H2,1-7H3. The lowest BCUT2D eigenvalue weighted by Crippen LogP contribution is -2.28. The van der Waals surface area contributed by atoms with Crippen molar-refractivity contribution in [1.82, 2.24) is 4.90 Å². The summed E-state index contributed by atoms with van der Waals surface area (Å²) in [7, 11) is 0. The maximum Gasteiger partial charge on any atom is 0.311 e. The average Bonchev–Trinajstić information content (AvgIpc) is 3.09. The molecule has 1 N–H and O–H groups in total. The number of aliphatic hydroxyl groups excluding tert-OH is 1. The molecular formula is C44H87NO5. The molecule has 298 valence electrons. The summed E-state index contributed by atoms with van der Waals surface area (Å²) in [5, 5.41) is 9.28. The van der Waals surface area contributed by atoms with Crippen LogP contribution in [0.1, 0.15) is 215 Å². The van der Waals surface area contributed by atoms with Crippen molar-refractivity contribution in [2.24, 2.45) is 16.7 Å². The van der Waals surface area contributed by atoms with Crippen molar-refractivity contribution >= 4 is 11.9 Å². The Morgan fingerprint density at radius 2 is 0.900 bits per heavy atom. The van der Waals surface area contributed by atoms with Crippen LogP contribution >= 0.6 is 0 Å². The van der Waals surface area contributed by atoms with Crippen LogP contribution in [0.5, 0.6) is 0 Å². The zero-order valence-corrected chi connectivity index (χ0v) is 34.7. The zero-order valence-electron chi connectivity index (χ0n) is 34.7. The molecule has 0 saturated heterocycles. The first-order valence-electron chi connectivity index (χ1n) is 21.7. The number of esters is 2. The summed E-state index contributed by atoms with van der Waals surface area (Å²) in [5.41, 5.74) is -0.812. The summed E-state index contributed by atoms with van der Waals surface area (Å²) < 4.78 is 11.3. The minimum absolute atomic E-state index is 0.0353. The molecule has 6 nitrogen and oxygen atoms in total. The summed E-state index contributed by atoms with van der Waals surface area (Å²) in [6.45, 7) is 19.6. The first kappa shape index (κ1) is 48.9. The Balaban J connectivity index is 4.13. The SMILES string of the molecule is CCCCCCCCCOC(=O)C(C)(C)CCCCCCN(CCCCO)CCCCCCC(C)(C)C(=O)OCCCCCCC(CC)CC. The van der Waals surface area contributed by atoms with Gasteiger partial charge in [0, 0.05) is 6.61 Å². The van der Waals surface area contributed by atoms with E-state index < -0.39 is 10.8 Å². The van der Waals surface area contributed by atoms with Crippen molar-refractivity contribution in [2.45, 2.75) is 215 Å². The molecule has 0 aromatic heterocycles. The Morgan fingerprint density at radius 1 is 0.520 bits per heavy atom. The van der Waals surface area contributed by atoms with Crippen LogP contribution in [0.3, 0.4) is 0 Å². The Morgan fingerprint density at radius 3 is 1.34 bits per heavy atom. The predicted octanol–water partition coefficient (Wildman–Crippen LogP) is 12.2. The first-order chi connectivity index (χ1) is 24.0. The molecule has 0 atom stereocenters. The van der Waals surface area contributed by atoms with E-state index in [1.165, 1.54) is 89.9 Å². The van der Waals surface area contributed by atoms with E-state index in [1.54, 1.807) is 0 Å². The van der Waals surface area contributed by atoms with Crippen LogP contribution in [0, 0.1) is 16.7 Å². The molecular weight excluding hydrogens is 622 g/mol. The smallest absolute Gasteiger partial charge is 0.311 e. The summed E-state index contributed by atoms with van der Waals surface area (Å²) in [6.07, 6.45) is 30.0. The number of hydrogen-bond donors (Lipinski definition) is 1. The Labute approximate surface area is 312 Å². The lowest BCUT2D eigenvalue weighted by atomic mass is 9.87. The second kappa shape index (κ2) is 32.5. The van der Waals surface area contributed by atoms with Gasteiger partial charge >= 0.3 is 11.9 Å². The van der Waals surface area contributed by atoms with Gasteiger partial charge in [0.1, 0.15) is 0 Å². The highest BCUT2D eigenvalue weighted by molar-refractivity contribution is 5.76. The number of carbonyl (C=O) groups excluding carboxylic acids is 2. The van der Waals surface area contributed by atoms with Gasteiger partial charge in [0.2, 0.25) is 0 Å². The van der Waals surface area contributed by atoms with Crippen LogP contribution in [-0.4, -0.2) is 61.4 Å². The van der Waals surface area contributed by atoms with E-state index in [1.807, 2.05) is 27.7 Å². The molecule has 0 fully saturated rings. The van der Waals surface area contributed by atoms with Crippen molar-refractivity contribution in [1.29, 1.82) is 0 Å². The van der Waals surface area contributed by atoms with Crippen LogP contribution < -0.4 is 0 Å². The summed E-state index contributed by atoms with van der Waals surface area (Å²) in [5.74, 6) is 0.802. The topological polar surface area (TPSA) is 76.1 Å². The third kappa shape index (κ3) is 27.5. The van der Waals surface area contributed by atoms with Crippen molar-refractivity contribution in [3.63, 3.8) is 0 Å². The minimum Gasteiger partial charge on any atom is -0.465 e. The molecule has 0 rings (SSSR count). The molecule has 0 aliphatic rings. The average molecular weight is 710 g/mol. The molecule has 0 aromatic carbocycles. The normalized spacial score (nSPS) is 12.3. The van der Waals surface area contributed by atoms with E-state index in [0.717, 1.165) is 103 Å². The monoisotopic (exact) mass is 710 g/mol. The van der Waals surface area contributed by atoms with Gasteiger partial charge in [-0.1, -0.05) is 136 Å². The van der Waals surface area contributed by atoms with Gasteiger partial charge in [0.15, 0.2) is 0 Å². The van der Waals surface area contributed by atoms with Crippen molar-refractivity contribution in [2.75, 3.05) is 39.5 Å². The number of aliphatic hydroxyl groups is 1. The van der Waals surface area contributed by atoms with Gasteiger partial charge < -0.3 is 19.5 Å². The molecule has 0 radical (unpaired) electrons. The van der Waals surface area contributed by atoms with Crippen LogP contribution in [0.25, 0.3) is 0 Å². The zero-order chi connectivity index (χ0) is 37.4. The number of rotatable bonds is 37. The van der Waals surface area contributed by atoms with Gasteiger partial charge in [-0.3, -0.25) is 9.59 Å². The summed E-state index contributed by atoms with van der Waals surface area (Å²) in [4.78, 5) is 28.0. The van der Waals surface area contributed by atoms with E-state index >= 15 is 0 Å². The maximum atomic E-state index is 12.7. The van der Waals surface area contributed by atoms with Crippen LogP contribution in [-0.2, 0) is 19.1 Å². The molecule has 0 unspecified atom stereocenters. The van der Waals surface area contributed by atoms with Gasteiger partial charge in [0.25, 0.3) is 0 Å². The predicted molar refractivity (Wildman–Crippen MR) is 214 cm³/mol. The first-order valence-corrected chi connectivity index (χ1v) is 21.7. The lowest BCUT2D eigenvalue weighted by molar-refractivity contribution is -0.155. The number of nitrogens with zero attached hydrogens (tertiary/aromatic N) is 1. The fraction of sp³-hybridized carbons (Fsp3) is 0.955. The van der Waals surface area contributed by atoms with Gasteiger partial charge in [-0.2, -0.15) is 0 Å². The fourth-order valence-electron chi connectivity index (χ4n) is 6.86. The molecule has 0 aliphatic heterocycles. The Kier molecular flexibility index (Phi) is 31.8. The quantitative estimate of drug-likeness (QED) is 0.0511. The second-order valence-electron chi connectivity index (χ2n) is 16.6. The van der Waals surface area contributed by atoms with E-state index in [9.17, 15) is 14.7 Å². The van der Waals surface area contributed by atoms with Gasteiger partial charge in [-0.25, -0.2) is 0 Å². The van der Waals surface area contributed by atoms with Crippen molar-refractivity contribution in [3.05, 3.63) is 0 Å². The molecule has 0 bridgehead atoms. The molecule has 6 heteroatoms. The molecule has 0 aromatic rings. The van der Waals surface area contributed by atoms with Crippen LogP contribution in [0.2, 0.25) is 0 Å². The third-order valence-electron chi connectivity index (χ3n) is 10.9. The highest BCUT2D eigenvalue weighted by Crippen LogP contribution is 2.27. The number of carbonyl (C=O) groups is 2. The maximum absolute atomic E-state index is 12.7. The van der Waals surface area contributed by atoms with E-state index in [-0.39, 0.29) is 18.5 Å². The summed E-state index contributed by atoms with van der Waals surface area (Å²) >= 11 is 0. The fourth-order valence-corrected chi connectivity index (χ4v) is 6.86. The molecule has 0 spiro atoms. The molecule has 0 aliphatic carbocycles.